The lowest BCUT2D eigenvalue weighted by Gasteiger charge is -2.16. The first-order valence-electron chi connectivity index (χ1n) is 5.25. The Bertz CT molecular complexity index is 459. The van der Waals surface area contributed by atoms with Gasteiger partial charge in [0.15, 0.2) is 0 Å². The summed E-state index contributed by atoms with van der Waals surface area (Å²) in [5.41, 5.74) is 7.06. The van der Waals surface area contributed by atoms with Crippen molar-refractivity contribution in [3.05, 3.63) is 29.3 Å². The molecular formula is C12H16N2O4. The van der Waals surface area contributed by atoms with E-state index in [1.807, 2.05) is 0 Å². The van der Waals surface area contributed by atoms with Crippen LogP contribution in [0, 0.1) is 0 Å². The zero-order chi connectivity index (χ0) is 13.7. The Hall–Kier alpha value is -2.24. The van der Waals surface area contributed by atoms with Crippen LogP contribution >= 0.6 is 0 Å². The number of carbonyl (C=O) groups is 2. The number of ether oxygens (including phenoxy) is 2. The van der Waals surface area contributed by atoms with Crippen molar-refractivity contribution in [3.63, 3.8) is 0 Å². The average molecular weight is 252 g/mol. The second kappa shape index (κ2) is 5.90. The molecule has 0 aliphatic heterocycles. The number of nitrogens with zero attached hydrogens (tertiary/aromatic N) is 1. The summed E-state index contributed by atoms with van der Waals surface area (Å²) < 4.78 is 9.20. The first-order valence-corrected chi connectivity index (χ1v) is 5.25. The molecule has 18 heavy (non-hydrogen) atoms. The molecule has 0 aromatic heterocycles. The molecule has 0 saturated heterocycles. The van der Waals surface area contributed by atoms with E-state index in [0.29, 0.717) is 12.2 Å². The van der Waals surface area contributed by atoms with Gasteiger partial charge in [-0.05, 0) is 17.7 Å². The van der Waals surface area contributed by atoms with Gasteiger partial charge in [-0.25, -0.2) is 9.59 Å². The summed E-state index contributed by atoms with van der Waals surface area (Å²) >= 11 is 0. The molecular weight excluding hydrogens is 236 g/mol. The van der Waals surface area contributed by atoms with Crippen LogP contribution in [0.3, 0.4) is 0 Å². The fourth-order valence-electron chi connectivity index (χ4n) is 1.48. The van der Waals surface area contributed by atoms with Crippen LogP contribution in [-0.4, -0.2) is 38.2 Å². The highest BCUT2D eigenvalue weighted by atomic mass is 16.5. The van der Waals surface area contributed by atoms with Crippen molar-refractivity contribution in [1.29, 1.82) is 0 Å². The zero-order valence-corrected chi connectivity index (χ0v) is 10.6. The molecule has 1 amide bonds. The van der Waals surface area contributed by atoms with E-state index in [1.54, 1.807) is 25.2 Å². The van der Waals surface area contributed by atoms with Crippen LogP contribution in [0.2, 0.25) is 0 Å². The van der Waals surface area contributed by atoms with E-state index in [1.165, 1.54) is 19.1 Å². The molecule has 6 nitrogen and oxygen atoms in total. The van der Waals surface area contributed by atoms with Crippen molar-refractivity contribution >= 4 is 17.7 Å². The molecule has 1 rings (SSSR count). The van der Waals surface area contributed by atoms with E-state index in [-0.39, 0.29) is 5.56 Å². The van der Waals surface area contributed by atoms with Crippen molar-refractivity contribution in [3.8, 4) is 0 Å². The highest BCUT2D eigenvalue weighted by Crippen LogP contribution is 2.16. The van der Waals surface area contributed by atoms with E-state index in [0.717, 1.165) is 5.56 Å². The SMILES string of the molecule is COC(=O)c1cc(CN(C)C(=O)OC)ccc1N. The third-order valence-corrected chi connectivity index (χ3v) is 2.43. The van der Waals surface area contributed by atoms with E-state index >= 15 is 0 Å². The summed E-state index contributed by atoms with van der Waals surface area (Å²) in [4.78, 5) is 24.1. The van der Waals surface area contributed by atoms with Crippen molar-refractivity contribution < 1.29 is 19.1 Å². The number of benzene rings is 1. The van der Waals surface area contributed by atoms with Gasteiger partial charge < -0.3 is 20.1 Å². The third kappa shape index (κ3) is 3.13. The molecule has 0 bridgehead atoms. The molecule has 0 aliphatic carbocycles. The lowest BCUT2D eigenvalue weighted by Crippen LogP contribution is -2.26. The highest BCUT2D eigenvalue weighted by molar-refractivity contribution is 5.95. The third-order valence-electron chi connectivity index (χ3n) is 2.43. The summed E-state index contributed by atoms with van der Waals surface area (Å²) in [5, 5.41) is 0. The van der Waals surface area contributed by atoms with Gasteiger partial charge in [0.2, 0.25) is 0 Å². The normalized spacial score (nSPS) is 9.72. The van der Waals surface area contributed by atoms with Crippen molar-refractivity contribution in [2.24, 2.45) is 0 Å². The molecule has 0 spiro atoms. The topological polar surface area (TPSA) is 81.9 Å². The fraction of sp³-hybridized carbons (Fsp3) is 0.333. The number of esters is 1. The lowest BCUT2D eigenvalue weighted by atomic mass is 10.1. The Morgan fingerprint density at radius 3 is 2.50 bits per heavy atom. The number of carbonyl (C=O) groups excluding carboxylic acids is 2. The molecule has 1 aromatic rings. The molecule has 98 valence electrons. The van der Waals surface area contributed by atoms with Gasteiger partial charge in [-0.2, -0.15) is 0 Å². The minimum Gasteiger partial charge on any atom is -0.465 e. The average Bonchev–Trinajstić information content (AvgIpc) is 2.38. The second-order valence-electron chi connectivity index (χ2n) is 3.74. The molecule has 0 saturated carbocycles. The van der Waals surface area contributed by atoms with Crippen molar-refractivity contribution in [1.82, 2.24) is 4.90 Å². The number of nitrogens with two attached hydrogens (primary N) is 1. The molecule has 0 atom stereocenters. The number of rotatable bonds is 3. The van der Waals surface area contributed by atoms with Gasteiger partial charge >= 0.3 is 12.1 Å². The molecule has 0 radical (unpaired) electrons. The van der Waals surface area contributed by atoms with Crippen LogP contribution in [0.5, 0.6) is 0 Å². The van der Waals surface area contributed by atoms with Gasteiger partial charge in [-0.1, -0.05) is 6.07 Å². The standard InChI is InChI=1S/C12H16N2O4/c1-14(12(16)18-3)7-8-4-5-10(13)9(6-8)11(15)17-2/h4-6H,7,13H2,1-3H3. The summed E-state index contributed by atoms with van der Waals surface area (Å²) in [6.07, 6.45) is -0.452. The zero-order valence-electron chi connectivity index (χ0n) is 10.6. The van der Waals surface area contributed by atoms with E-state index < -0.39 is 12.1 Å². The monoisotopic (exact) mass is 252 g/mol. The molecule has 0 fully saturated rings. The number of anilines is 1. The summed E-state index contributed by atoms with van der Waals surface area (Å²) in [7, 11) is 4.19. The van der Waals surface area contributed by atoms with Gasteiger partial charge in [0.05, 0.1) is 19.8 Å². The fourth-order valence-corrected chi connectivity index (χ4v) is 1.48. The minimum absolute atomic E-state index is 0.285. The number of methoxy groups -OCH3 is 2. The molecule has 0 heterocycles. The number of hydrogen-bond donors (Lipinski definition) is 1. The second-order valence-corrected chi connectivity index (χ2v) is 3.74. The lowest BCUT2D eigenvalue weighted by molar-refractivity contribution is 0.0602. The first kappa shape index (κ1) is 13.8. The van der Waals surface area contributed by atoms with Gasteiger partial charge in [0.25, 0.3) is 0 Å². The van der Waals surface area contributed by atoms with Crippen LogP contribution in [-0.2, 0) is 16.0 Å². The molecule has 6 heteroatoms. The van der Waals surface area contributed by atoms with Gasteiger partial charge in [0, 0.05) is 19.3 Å². The van der Waals surface area contributed by atoms with Crippen LogP contribution in [0.25, 0.3) is 0 Å². The maximum atomic E-state index is 11.5. The number of hydrogen-bond acceptors (Lipinski definition) is 5. The number of nitrogen functional groups attached to an aromatic ring is 1. The largest absolute Gasteiger partial charge is 0.465 e. The van der Waals surface area contributed by atoms with Crippen molar-refractivity contribution in [2.45, 2.75) is 6.54 Å². The maximum absolute atomic E-state index is 11.5. The Labute approximate surface area is 105 Å². The van der Waals surface area contributed by atoms with E-state index in [4.69, 9.17) is 5.73 Å². The summed E-state index contributed by atoms with van der Waals surface area (Å²) in [5.74, 6) is -0.505. The highest BCUT2D eigenvalue weighted by Gasteiger charge is 2.13. The number of amides is 1. The smallest absolute Gasteiger partial charge is 0.409 e. The van der Waals surface area contributed by atoms with Crippen LogP contribution < -0.4 is 5.73 Å². The Kier molecular flexibility index (Phi) is 4.53. The van der Waals surface area contributed by atoms with Crippen LogP contribution in [0.15, 0.2) is 18.2 Å². The van der Waals surface area contributed by atoms with Gasteiger partial charge in [0.1, 0.15) is 0 Å². The van der Waals surface area contributed by atoms with Gasteiger partial charge in [-0.3, -0.25) is 0 Å². The van der Waals surface area contributed by atoms with E-state index in [9.17, 15) is 9.59 Å². The molecule has 0 aliphatic rings. The van der Waals surface area contributed by atoms with Crippen molar-refractivity contribution in [2.75, 3.05) is 27.0 Å². The van der Waals surface area contributed by atoms with Gasteiger partial charge in [-0.15, -0.1) is 0 Å². The van der Waals surface area contributed by atoms with Crippen LogP contribution in [0.4, 0.5) is 10.5 Å². The Balaban J connectivity index is 2.92. The van der Waals surface area contributed by atoms with E-state index in [2.05, 4.69) is 9.47 Å². The molecule has 2 N–H and O–H groups in total. The maximum Gasteiger partial charge on any atom is 0.409 e. The Morgan fingerprint density at radius 1 is 1.28 bits per heavy atom. The minimum atomic E-state index is -0.505. The summed E-state index contributed by atoms with van der Waals surface area (Å²) in [6, 6.07) is 4.94. The predicted octanol–water partition coefficient (Wildman–Crippen LogP) is 1.25. The van der Waals surface area contributed by atoms with Crippen LogP contribution in [0.1, 0.15) is 15.9 Å². The Morgan fingerprint density at radius 2 is 1.94 bits per heavy atom. The molecule has 0 unspecified atom stereocenters. The first-order chi connectivity index (χ1) is 8.49. The quantitative estimate of drug-likeness (QED) is 0.646. The predicted molar refractivity (Wildman–Crippen MR) is 66.1 cm³/mol. The molecule has 1 aromatic carbocycles. The summed E-state index contributed by atoms with van der Waals surface area (Å²) in [6.45, 7) is 0.316.